The highest BCUT2D eigenvalue weighted by Gasteiger charge is 2.19. The first-order chi connectivity index (χ1) is 16.2. The number of benzene rings is 2. The zero-order valence-corrected chi connectivity index (χ0v) is 17.4. The van der Waals surface area contributed by atoms with Gasteiger partial charge < -0.3 is 19.6 Å². The van der Waals surface area contributed by atoms with Crippen molar-refractivity contribution < 1.29 is 18.7 Å². The van der Waals surface area contributed by atoms with Crippen LogP contribution in [-0.4, -0.2) is 43.7 Å². The van der Waals surface area contributed by atoms with Crippen molar-refractivity contribution in [3.8, 4) is 28.4 Å². The van der Waals surface area contributed by atoms with E-state index in [0.717, 1.165) is 5.56 Å². The molecule has 0 aliphatic rings. The van der Waals surface area contributed by atoms with Gasteiger partial charge in [-0.25, -0.2) is 14.4 Å². The number of nitrogens with zero attached hydrogens (tertiary/aromatic N) is 4. The summed E-state index contributed by atoms with van der Waals surface area (Å²) in [6, 6.07) is 17.1. The topological polar surface area (TPSA) is 97.7 Å². The van der Waals surface area contributed by atoms with Crippen molar-refractivity contribution in [2.24, 2.45) is 0 Å². The first-order valence-electron chi connectivity index (χ1n) is 10.3. The number of hydrogen-bond acceptors (Lipinski definition) is 7. The highest BCUT2D eigenvalue weighted by Crippen LogP contribution is 2.32. The van der Waals surface area contributed by atoms with Crippen LogP contribution in [0.15, 0.2) is 83.7 Å². The predicted octanol–water partition coefficient (Wildman–Crippen LogP) is 4.04. The summed E-state index contributed by atoms with van der Waals surface area (Å²) in [5, 5.41) is 13.3. The second-order valence-electron chi connectivity index (χ2n) is 7.30. The molecule has 3 aromatic heterocycles. The molecule has 33 heavy (non-hydrogen) atoms. The molecular formula is C24H20FN5O3. The van der Waals surface area contributed by atoms with Crippen molar-refractivity contribution in [2.45, 2.75) is 6.10 Å². The van der Waals surface area contributed by atoms with E-state index in [1.807, 2.05) is 30.3 Å². The Kier molecular flexibility index (Phi) is 5.69. The minimum Gasteiger partial charge on any atom is -0.491 e. The Morgan fingerprint density at radius 3 is 2.70 bits per heavy atom. The first kappa shape index (κ1) is 20.7. The van der Waals surface area contributed by atoms with E-state index < -0.39 is 6.10 Å². The molecule has 0 aliphatic heterocycles. The van der Waals surface area contributed by atoms with Gasteiger partial charge in [-0.05, 0) is 42.5 Å². The zero-order chi connectivity index (χ0) is 22.6. The molecule has 1 unspecified atom stereocenters. The lowest BCUT2D eigenvalue weighted by Crippen LogP contribution is -2.27. The van der Waals surface area contributed by atoms with Crippen LogP contribution in [0.1, 0.15) is 0 Å². The quantitative estimate of drug-likeness (QED) is 0.372. The van der Waals surface area contributed by atoms with Gasteiger partial charge in [0.2, 0.25) is 5.95 Å². The second kappa shape index (κ2) is 9.09. The summed E-state index contributed by atoms with van der Waals surface area (Å²) >= 11 is 0. The summed E-state index contributed by atoms with van der Waals surface area (Å²) in [5.74, 6) is 1.10. The van der Waals surface area contributed by atoms with E-state index in [1.54, 1.807) is 35.0 Å². The van der Waals surface area contributed by atoms with Gasteiger partial charge in [0.15, 0.2) is 0 Å². The summed E-state index contributed by atoms with van der Waals surface area (Å²) in [4.78, 5) is 13.4. The van der Waals surface area contributed by atoms with Gasteiger partial charge in [-0.2, -0.15) is 4.98 Å². The molecule has 0 bridgehead atoms. The third-order valence-electron chi connectivity index (χ3n) is 4.96. The number of oxazole rings is 1. The molecule has 2 N–H and O–H groups in total. The van der Waals surface area contributed by atoms with Gasteiger partial charge in [0.05, 0.1) is 5.69 Å². The molecule has 8 nitrogen and oxygen atoms in total. The lowest BCUT2D eigenvalue weighted by molar-refractivity contribution is 0.117. The summed E-state index contributed by atoms with van der Waals surface area (Å²) in [6.45, 7) is 0.332. The Bertz CT molecular complexity index is 1350. The lowest BCUT2D eigenvalue weighted by atomic mass is 10.1. The SMILES string of the molecule is OC(CNc1nccc(-c2c(-c3ccc(F)cc3)nc3occn23)n1)COc1ccccc1. The monoisotopic (exact) mass is 445 g/mol. The van der Waals surface area contributed by atoms with Crippen LogP contribution in [0.25, 0.3) is 28.5 Å². The normalized spacial score (nSPS) is 12.1. The predicted molar refractivity (Wildman–Crippen MR) is 120 cm³/mol. The van der Waals surface area contributed by atoms with Crippen molar-refractivity contribution in [1.29, 1.82) is 0 Å². The highest BCUT2D eigenvalue weighted by atomic mass is 19.1. The van der Waals surface area contributed by atoms with E-state index in [4.69, 9.17) is 9.15 Å². The van der Waals surface area contributed by atoms with Gasteiger partial charge in [0.1, 0.15) is 41.9 Å². The van der Waals surface area contributed by atoms with Crippen LogP contribution >= 0.6 is 0 Å². The minimum absolute atomic E-state index is 0.129. The number of para-hydroxylation sites is 1. The number of hydrogen-bond donors (Lipinski definition) is 2. The number of halogens is 1. The molecular weight excluding hydrogens is 425 g/mol. The van der Waals surface area contributed by atoms with Crippen LogP contribution in [0.3, 0.4) is 0 Å². The highest BCUT2D eigenvalue weighted by molar-refractivity contribution is 5.79. The second-order valence-corrected chi connectivity index (χ2v) is 7.30. The Balaban J connectivity index is 1.35. The van der Waals surface area contributed by atoms with Crippen LogP contribution in [0, 0.1) is 5.82 Å². The molecule has 0 saturated carbocycles. The number of anilines is 1. The Morgan fingerprint density at radius 2 is 1.88 bits per heavy atom. The maximum Gasteiger partial charge on any atom is 0.306 e. The van der Waals surface area contributed by atoms with Gasteiger partial charge in [-0.1, -0.05) is 18.2 Å². The van der Waals surface area contributed by atoms with Gasteiger partial charge in [0.25, 0.3) is 0 Å². The van der Waals surface area contributed by atoms with E-state index in [2.05, 4.69) is 20.3 Å². The minimum atomic E-state index is -0.761. The fourth-order valence-electron chi connectivity index (χ4n) is 3.39. The zero-order valence-electron chi connectivity index (χ0n) is 17.4. The number of nitrogens with one attached hydrogen (secondary N) is 1. The number of fused-ring (bicyclic) bond motifs is 1. The van der Waals surface area contributed by atoms with Crippen LogP contribution in [-0.2, 0) is 0 Å². The van der Waals surface area contributed by atoms with E-state index in [-0.39, 0.29) is 19.0 Å². The largest absolute Gasteiger partial charge is 0.491 e. The molecule has 0 aliphatic carbocycles. The van der Waals surface area contributed by atoms with Crippen LogP contribution in [0.2, 0.25) is 0 Å². The van der Waals surface area contributed by atoms with Crippen molar-refractivity contribution in [1.82, 2.24) is 19.4 Å². The van der Waals surface area contributed by atoms with E-state index in [0.29, 0.717) is 34.6 Å². The molecule has 166 valence electrons. The average Bonchev–Trinajstić information content (AvgIpc) is 3.44. The van der Waals surface area contributed by atoms with Crippen molar-refractivity contribution >= 4 is 11.8 Å². The Hall–Kier alpha value is -4.24. The Labute approximate surface area is 188 Å². The molecule has 3 heterocycles. The third-order valence-corrected chi connectivity index (χ3v) is 4.96. The smallest absolute Gasteiger partial charge is 0.306 e. The molecule has 0 spiro atoms. The van der Waals surface area contributed by atoms with Crippen molar-refractivity contribution in [2.75, 3.05) is 18.5 Å². The molecule has 9 heteroatoms. The van der Waals surface area contributed by atoms with Crippen LogP contribution in [0.4, 0.5) is 10.3 Å². The molecule has 0 amide bonds. The number of imidazole rings is 1. The lowest BCUT2D eigenvalue weighted by Gasteiger charge is -2.13. The standard InChI is InChI=1S/C24H20FN5O3/c25-17-8-6-16(7-9-17)21-22(30-12-13-32-24(30)29-21)20-10-11-26-23(28-20)27-14-18(31)15-33-19-4-2-1-3-5-19/h1-13,18,31H,14-15H2,(H,26,27,28). The number of rotatable bonds is 8. The molecule has 5 aromatic rings. The number of aliphatic hydroxyl groups excluding tert-OH is 1. The number of aromatic nitrogens is 4. The fraction of sp³-hybridized carbons (Fsp3) is 0.125. The number of aliphatic hydroxyl groups is 1. The fourth-order valence-corrected chi connectivity index (χ4v) is 3.39. The van der Waals surface area contributed by atoms with E-state index in [9.17, 15) is 9.50 Å². The van der Waals surface area contributed by atoms with Gasteiger partial charge in [0, 0.05) is 24.5 Å². The molecule has 0 saturated heterocycles. The van der Waals surface area contributed by atoms with Crippen molar-refractivity contribution in [3.63, 3.8) is 0 Å². The molecule has 1 atom stereocenters. The van der Waals surface area contributed by atoms with Crippen molar-refractivity contribution in [3.05, 3.63) is 85.1 Å². The maximum atomic E-state index is 13.4. The summed E-state index contributed by atoms with van der Waals surface area (Å²) in [5.41, 5.74) is 2.61. The summed E-state index contributed by atoms with van der Waals surface area (Å²) < 4.78 is 26.2. The van der Waals surface area contributed by atoms with E-state index in [1.165, 1.54) is 18.4 Å². The molecule has 2 aromatic carbocycles. The molecule has 5 rings (SSSR count). The molecule has 0 radical (unpaired) electrons. The molecule has 0 fully saturated rings. The Morgan fingerprint density at radius 1 is 1.06 bits per heavy atom. The van der Waals surface area contributed by atoms with Crippen LogP contribution in [0.5, 0.6) is 5.75 Å². The summed E-state index contributed by atoms with van der Waals surface area (Å²) in [7, 11) is 0. The van der Waals surface area contributed by atoms with Crippen LogP contribution < -0.4 is 10.1 Å². The third kappa shape index (κ3) is 4.53. The van der Waals surface area contributed by atoms with Gasteiger partial charge in [-0.15, -0.1) is 0 Å². The van der Waals surface area contributed by atoms with Gasteiger partial charge in [-0.3, -0.25) is 4.40 Å². The maximum absolute atomic E-state index is 13.4. The number of ether oxygens (including phenoxy) is 1. The van der Waals surface area contributed by atoms with E-state index >= 15 is 0 Å². The average molecular weight is 445 g/mol. The van der Waals surface area contributed by atoms with Gasteiger partial charge >= 0.3 is 5.84 Å². The first-order valence-corrected chi connectivity index (χ1v) is 10.3. The summed E-state index contributed by atoms with van der Waals surface area (Å²) in [6.07, 6.45) is 4.13.